The lowest BCUT2D eigenvalue weighted by Crippen LogP contribution is -2.53. The fourth-order valence-electron chi connectivity index (χ4n) is 3.59. The van der Waals surface area contributed by atoms with E-state index >= 15 is 0 Å². The predicted octanol–water partition coefficient (Wildman–Crippen LogP) is 3.36. The maximum atomic E-state index is 12.9. The predicted molar refractivity (Wildman–Crippen MR) is 97.7 cm³/mol. The Labute approximate surface area is 157 Å². The van der Waals surface area contributed by atoms with Crippen molar-refractivity contribution in [3.63, 3.8) is 0 Å². The van der Waals surface area contributed by atoms with E-state index < -0.39 is 28.9 Å². The Morgan fingerprint density at radius 1 is 1.37 bits per heavy atom. The molecule has 27 heavy (non-hydrogen) atoms. The highest BCUT2D eigenvalue weighted by molar-refractivity contribution is 6.04. The van der Waals surface area contributed by atoms with Crippen molar-refractivity contribution in [1.29, 1.82) is 0 Å². The number of rotatable bonds is 5. The third-order valence-electron chi connectivity index (χ3n) is 5.13. The Kier molecular flexibility index (Phi) is 5.62. The summed E-state index contributed by atoms with van der Waals surface area (Å²) in [5.74, 6) is -0.535. The van der Waals surface area contributed by atoms with E-state index in [1.807, 2.05) is 6.92 Å². The molecular formula is C19H24N2O6. The molecule has 146 valence electrons. The van der Waals surface area contributed by atoms with Crippen molar-refractivity contribution in [2.75, 3.05) is 4.90 Å². The largest absolute Gasteiger partial charge is 0.478 e. The van der Waals surface area contributed by atoms with Gasteiger partial charge in [-0.15, -0.1) is 0 Å². The van der Waals surface area contributed by atoms with Crippen molar-refractivity contribution in [3.8, 4) is 5.75 Å². The highest BCUT2D eigenvalue weighted by Gasteiger charge is 2.40. The van der Waals surface area contributed by atoms with E-state index in [9.17, 15) is 19.7 Å². The molecule has 1 heterocycles. The minimum atomic E-state index is -0.891. The minimum absolute atomic E-state index is 0.128. The summed E-state index contributed by atoms with van der Waals surface area (Å²) in [6.45, 7) is 3.39. The molecule has 1 aliphatic carbocycles. The van der Waals surface area contributed by atoms with Crippen LogP contribution in [0.1, 0.15) is 52.4 Å². The topological polar surface area (TPSA) is 99.0 Å². The van der Waals surface area contributed by atoms with Gasteiger partial charge in [0.2, 0.25) is 0 Å². The molecule has 1 saturated carbocycles. The highest BCUT2D eigenvalue weighted by Crippen LogP contribution is 2.39. The first-order valence-electron chi connectivity index (χ1n) is 9.41. The fourth-order valence-corrected chi connectivity index (χ4v) is 3.59. The molecular weight excluding hydrogens is 352 g/mol. The van der Waals surface area contributed by atoms with Crippen LogP contribution in [0, 0.1) is 10.1 Å². The Morgan fingerprint density at radius 2 is 2.07 bits per heavy atom. The Hall–Kier alpha value is -2.64. The molecule has 0 aromatic heterocycles. The Morgan fingerprint density at radius 3 is 2.70 bits per heavy atom. The van der Waals surface area contributed by atoms with Crippen molar-refractivity contribution >= 4 is 23.3 Å². The summed E-state index contributed by atoms with van der Waals surface area (Å²) in [5.41, 5.74) is 0.0601. The number of carbonyl (C=O) groups is 2. The van der Waals surface area contributed by atoms with Crippen LogP contribution in [0.4, 0.5) is 11.4 Å². The minimum Gasteiger partial charge on any atom is -0.478 e. The number of nitrogens with zero attached hydrogens (tertiary/aromatic N) is 2. The molecule has 1 amide bonds. The molecule has 2 unspecified atom stereocenters. The summed E-state index contributed by atoms with van der Waals surface area (Å²) >= 11 is 0. The second kappa shape index (κ2) is 7.94. The molecule has 1 fully saturated rings. The number of ether oxygens (including phenoxy) is 2. The van der Waals surface area contributed by atoms with Crippen LogP contribution in [0.15, 0.2) is 18.2 Å². The molecule has 8 nitrogen and oxygen atoms in total. The summed E-state index contributed by atoms with van der Waals surface area (Å²) < 4.78 is 11.3. The standard InChI is InChI=1S/C19H24N2O6/c1-3-16-18(22)20(12(2)19(23)26-14-7-5-4-6-8-14)15-11-13(21(24)25)9-10-17(15)27-16/h9-12,14,16H,3-8H2,1-2H3. The molecule has 8 heteroatoms. The lowest BCUT2D eigenvalue weighted by molar-refractivity contribution is -0.384. The molecule has 0 radical (unpaired) electrons. The van der Waals surface area contributed by atoms with Gasteiger partial charge in [0.1, 0.15) is 17.9 Å². The van der Waals surface area contributed by atoms with Crippen molar-refractivity contribution in [1.82, 2.24) is 0 Å². The zero-order valence-electron chi connectivity index (χ0n) is 15.6. The normalized spacial score (nSPS) is 21.2. The monoisotopic (exact) mass is 376 g/mol. The summed E-state index contributed by atoms with van der Waals surface area (Å²) in [4.78, 5) is 37.4. The first kappa shape index (κ1) is 19.1. The maximum Gasteiger partial charge on any atom is 0.329 e. The number of anilines is 1. The number of hydrogen-bond acceptors (Lipinski definition) is 6. The van der Waals surface area contributed by atoms with Gasteiger partial charge in [-0.25, -0.2) is 4.79 Å². The van der Waals surface area contributed by atoms with Crippen molar-refractivity contribution in [2.24, 2.45) is 0 Å². The van der Waals surface area contributed by atoms with E-state index in [4.69, 9.17) is 9.47 Å². The fraction of sp³-hybridized carbons (Fsp3) is 0.579. The number of benzene rings is 1. The van der Waals surface area contributed by atoms with Gasteiger partial charge < -0.3 is 9.47 Å². The molecule has 1 aliphatic heterocycles. The lowest BCUT2D eigenvalue weighted by atomic mass is 9.98. The SMILES string of the molecule is CCC1Oc2ccc([N+](=O)[O-])cc2N(C(C)C(=O)OC2CCCCC2)C1=O. The second-order valence-corrected chi connectivity index (χ2v) is 7.00. The van der Waals surface area contributed by atoms with Crippen LogP contribution in [0.5, 0.6) is 5.75 Å². The second-order valence-electron chi connectivity index (χ2n) is 7.00. The van der Waals surface area contributed by atoms with Gasteiger partial charge in [0.15, 0.2) is 6.10 Å². The van der Waals surface area contributed by atoms with Crippen LogP contribution >= 0.6 is 0 Å². The number of fused-ring (bicyclic) bond motifs is 1. The lowest BCUT2D eigenvalue weighted by Gasteiger charge is -2.37. The van der Waals surface area contributed by atoms with Crippen molar-refractivity contribution in [2.45, 2.75) is 70.6 Å². The first-order valence-corrected chi connectivity index (χ1v) is 9.41. The summed E-state index contributed by atoms with van der Waals surface area (Å²) in [7, 11) is 0. The summed E-state index contributed by atoms with van der Waals surface area (Å²) in [6, 6.07) is 3.17. The van der Waals surface area contributed by atoms with Crippen LogP contribution in [0.3, 0.4) is 0 Å². The first-order chi connectivity index (χ1) is 12.9. The van der Waals surface area contributed by atoms with E-state index in [-0.39, 0.29) is 17.5 Å². The van der Waals surface area contributed by atoms with Crippen LogP contribution in [0.2, 0.25) is 0 Å². The number of nitro groups is 1. The van der Waals surface area contributed by atoms with E-state index in [0.717, 1.165) is 32.1 Å². The number of carbonyl (C=O) groups excluding carboxylic acids is 2. The number of non-ortho nitro benzene ring substituents is 1. The smallest absolute Gasteiger partial charge is 0.329 e. The molecule has 0 spiro atoms. The van der Waals surface area contributed by atoms with Gasteiger partial charge in [0, 0.05) is 12.1 Å². The quantitative estimate of drug-likeness (QED) is 0.444. The Bertz CT molecular complexity index is 744. The van der Waals surface area contributed by atoms with E-state index in [1.54, 1.807) is 6.92 Å². The molecule has 1 aromatic carbocycles. The van der Waals surface area contributed by atoms with E-state index in [0.29, 0.717) is 12.2 Å². The van der Waals surface area contributed by atoms with Crippen LogP contribution in [0.25, 0.3) is 0 Å². The Balaban J connectivity index is 1.89. The van der Waals surface area contributed by atoms with Gasteiger partial charge in [0.05, 0.1) is 10.6 Å². The molecule has 2 atom stereocenters. The van der Waals surface area contributed by atoms with Crippen molar-refractivity contribution in [3.05, 3.63) is 28.3 Å². The highest BCUT2D eigenvalue weighted by atomic mass is 16.6. The van der Waals surface area contributed by atoms with Crippen molar-refractivity contribution < 1.29 is 24.0 Å². The molecule has 0 saturated heterocycles. The van der Waals surface area contributed by atoms with Gasteiger partial charge >= 0.3 is 5.97 Å². The third kappa shape index (κ3) is 3.89. The van der Waals surface area contributed by atoms with E-state index in [1.165, 1.54) is 23.1 Å². The van der Waals surface area contributed by atoms with Crippen LogP contribution < -0.4 is 9.64 Å². The van der Waals surface area contributed by atoms with Gasteiger partial charge in [-0.05, 0) is 45.1 Å². The summed E-state index contributed by atoms with van der Waals surface area (Å²) in [5, 5.41) is 11.1. The molecule has 0 N–H and O–H groups in total. The van der Waals surface area contributed by atoms with E-state index in [2.05, 4.69) is 0 Å². The van der Waals surface area contributed by atoms with Crippen LogP contribution in [-0.4, -0.2) is 35.0 Å². The number of amides is 1. The third-order valence-corrected chi connectivity index (χ3v) is 5.13. The van der Waals surface area contributed by atoms with Gasteiger partial charge in [-0.1, -0.05) is 13.3 Å². The molecule has 1 aromatic rings. The molecule has 0 bridgehead atoms. The van der Waals surface area contributed by atoms with Gasteiger partial charge in [-0.3, -0.25) is 19.8 Å². The number of esters is 1. The number of hydrogen-bond donors (Lipinski definition) is 0. The van der Waals surface area contributed by atoms with Gasteiger partial charge in [-0.2, -0.15) is 0 Å². The average Bonchev–Trinajstić information content (AvgIpc) is 2.67. The van der Waals surface area contributed by atoms with Gasteiger partial charge in [0.25, 0.3) is 11.6 Å². The zero-order chi connectivity index (χ0) is 19.6. The molecule has 3 rings (SSSR count). The average molecular weight is 376 g/mol. The van der Waals surface area contributed by atoms with Crippen LogP contribution in [-0.2, 0) is 14.3 Å². The molecule has 2 aliphatic rings. The maximum absolute atomic E-state index is 12.9. The zero-order valence-corrected chi connectivity index (χ0v) is 15.6. The summed E-state index contributed by atoms with van der Waals surface area (Å²) in [6.07, 6.45) is 4.41. The number of nitro benzene ring substituents is 1.